The minimum atomic E-state index is 0.152. The Bertz CT molecular complexity index is 479. The zero-order valence-corrected chi connectivity index (χ0v) is 14.1. The van der Waals surface area contributed by atoms with E-state index in [2.05, 4.69) is 60.6 Å². The first-order chi connectivity index (χ1) is 10.5. The maximum absolute atomic E-state index is 11.9. The predicted molar refractivity (Wildman–Crippen MR) is 92.1 cm³/mol. The summed E-state index contributed by atoms with van der Waals surface area (Å²) in [5.74, 6) is 0.659. The fourth-order valence-corrected chi connectivity index (χ4v) is 2.77. The Labute approximate surface area is 134 Å². The molecule has 1 aromatic rings. The van der Waals surface area contributed by atoms with Gasteiger partial charge in [0.15, 0.2) is 0 Å². The Kier molecular flexibility index (Phi) is 6.25. The van der Waals surface area contributed by atoms with Gasteiger partial charge in [-0.1, -0.05) is 32.0 Å². The average Bonchev–Trinajstić information content (AvgIpc) is 2.49. The van der Waals surface area contributed by atoms with Crippen molar-refractivity contribution in [2.24, 2.45) is 5.92 Å². The normalized spacial score (nSPS) is 16.7. The van der Waals surface area contributed by atoms with Crippen LogP contribution < -0.4 is 10.6 Å². The molecule has 0 unspecified atom stereocenters. The van der Waals surface area contributed by atoms with Gasteiger partial charge in [-0.05, 0) is 37.3 Å². The third kappa shape index (κ3) is 5.34. The number of hydrogen-bond donors (Lipinski definition) is 2. The van der Waals surface area contributed by atoms with Gasteiger partial charge in [0.05, 0.1) is 6.54 Å². The zero-order valence-electron chi connectivity index (χ0n) is 14.1. The number of carbonyl (C=O) groups is 1. The number of para-hydroxylation sites is 1. The van der Waals surface area contributed by atoms with Gasteiger partial charge in [0, 0.05) is 31.4 Å². The highest BCUT2D eigenvalue weighted by Gasteiger charge is 2.20. The van der Waals surface area contributed by atoms with E-state index in [4.69, 9.17) is 0 Å². The topological polar surface area (TPSA) is 44.4 Å². The highest BCUT2D eigenvalue weighted by molar-refractivity contribution is 5.78. The molecule has 2 N–H and O–H groups in total. The van der Waals surface area contributed by atoms with Crippen molar-refractivity contribution in [1.29, 1.82) is 0 Å². The molecule has 1 aliphatic rings. The second-order valence-electron chi connectivity index (χ2n) is 6.71. The van der Waals surface area contributed by atoms with Crippen LogP contribution in [0.15, 0.2) is 24.3 Å². The van der Waals surface area contributed by atoms with Crippen molar-refractivity contribution in [1.82, 2.24) is 10.2 Å². The van der Waals surface area contributed by atoms with Crippen LogP contribution in [0.3, 0.4) is 0 Å². The lowest BCUT2D eigenvalue weighted by Gasteiger charge is -2.32. The molecule has 0 bridgehead atoms. The standard InChI is InChI=1S/C18H29N3O/c1-14(2)12-19-18(22)13-21-10-8-16(9-11-21)20-17-7-5-4-6-15(17)3/h4-7,14,16,20H,8-13H2,1-3H3,(H,19,22). The van der Waals surface area contributed by atoms with Crippen molar-refractivity contribution in [2.45, 2.75) is 39.7 Å². The van der Waals surface area contributed by atoms with E-state index in [0.29, 0.717) is 18.5 Å². The molecule has 2 rings (SSSR count). The Morgan fingerprint density at radius 1 is 1.27 bits per heavy atom. The van der Waals surface area contributed by atoms with E-state index in [0.717, 1.165) is 32.5 Å². The molecule has 1 heterocycles. The number of benzene rings is 1. The van der Waals surface area contributed by atoms with Gasteiger partial charge in [0.1, 0.15) is 0 Å². The Morgan fingerprint density at radius 2 is 1.95 bits per heavy atom. The monoisotopic (exact) mass is 303 g/mol. The molecule has 1 fully saturated rings. The molecular weight excluding hydrogens is 274 g/mol. The molecule has 0 aliphatic carbocycles. The van der Waals surface area contributed by atoms with Crippen LogP contribution in [-0.4, -0.2) is 43.0 Å². The van der Waals surface area contributed by atoms with Crippen LogP contribution in [0, 0.1) is 12.8 Å². The SMILES string of the molecule is Cc1ccccc1NC1CCN(CC(=O)NCC(C)C)CC1. The number of carbonyl (C=O) groups excluding carboxylic acids is 1. The number of rotatable bonds is 6. The van der Waals surface area contributed by atoms with E-state index < -0.39 is 0 Å². The Hall–Kier alpha value is -1.55. The first-order valence-electron chi connectivity index (χ1n) is 8.36. The second-order valence-corrected chi connectivity index (χ2v) is 6.71. The summed E-state index contributed by atoms with van der Waals surface area (Å²) in [4.78, 5) is 14.1. The summed E-state index contributed by atoms with van der Waals surface area (Å²) in [6.45, 7) is 9.63. The lowest BCUT2D eigenvalue weighted by molar-refractivity contribution is -0.122. The molecule has 0 aromatic heterocycles. The van der Waals surface area contributed by atoms with E-state index in [1.807, 2.05) is 0 Å². The van der Waals surface area contributed by atoms with Gasteiger partial charge < -0.3 is 10.6 Å². The quantitative estimate of drug-likeness (QED) is 0.849. The Morgan fingerprint density at radius 3 is 2.59 bits per heavy atom. The van der Waals surface area contributed by atoms with Gasteiger partial charge in [0.25, 0.3) is 0 Å². The van der Waals surface area contributed by atoms with Gasteiger partial charge in [-0.3, -0.25) is 9.69 Å². The van der Waals surface area contributed by atoms with Gasteiger partial charge in [-0.2, -0.15) is 0 Å². The molecule has 122 valence electrons. The first kappa shape index (κ1) is 16.8. The van der Waals surface area contributed by atoms with Crippen LogP contribution in [0.25, 0.3) is 0 Å². The van der Waals surface area contributed by atoms with Crippen LogP contribution in [-0.2, 0) is 4.79 Å². The number of likely N-dealkylation sites (tertiary alicyclic amines) is 1. The van der Waals surface area contributed by atoms with E-state index in [-0.39, 0.29) is 5.91 Å². The van der Waals surface area contributed by atoms with Crippen LogP contribution >= 0.6 is 0 Å². The number of nitrogens with zero attached hydrogens (tertiary/aromatic N) is 1. The number of hydrogen-bond acceptors (Lipinski definition) is 3. The summed E-state index contributed by atoms with van der Waals surface area (Å²) in [5.41, 5.74) is 2.52. The molecule has 0 spiro atoms. The maximum atomic E-state index is 11.9. The summed E-state index contributed by atoms with van der Waals surface area (Å²) in [7, 11) is 0. The molecule has 22 heavy (non-hydrogen) atoms. The fraction of sp³-hybridized carbons (Fsp3) is 0.611. The summed E-state index contributed by atoms with van der Waals surface area (Å²) < 4.78 is 0. The van der Waals surface area contributed by atoms with Crippen molar-refractivity contribution < 1.29 is 4.79 Å². The molecule has 1 aliphatic heterocycles. The third-order valence-corrected chi connectivity index (χ3v) is 4.17. The second kappa shape index (κ2) is 8.18. The minimum Gasteiger partial charge on any atom is -0.382 e. The maximum Gasteiger partial charge on any atom is 0.234 e. The summed E-state index contributed by atoms with van der Waals surface area (Å²) in [6, 6.07) is 8.93. The van der Waals surface area contributed by atoms with Crippen LogP contribution in [0.1, 0.15) is 32.3 Å². The van der Waals surface area contributed by atoms with E-state index in [1.165, 1.54) is 11.3 Å². The molecule has 1 saturated heterocycles. The number of aryl methyl sites for hydroxylation is 1. The van der Waals surface area contributed by atoms with Gasteiger partial charge in [-0.25, -0.2) is 0 Å². The molecule has 4 heteroatoms. The van der Waals surface area contributed by atoms with E-state index >= 15 is 0 Å². The van der Waals surface area contributed by atoms with Crippen LogP contribution in [0.4, 0.5) is 5.69 Å². The molecular formula is C18H29N3O. The summed E-state index contributed by atoms with van der Waals surface area (Å²) in [6.07, 6.45) is 2.18. The van der Waals surface area contributed by atoms with E-state index in [9.17, 15) is 4.79 Å². The number of piperidine rings is 1. The van der Waals surface area contributed by atoms with Crippen molar-refractivity contribution in [3.63, 3.8) is 0 Å². The van der Waals surface area contributed by atoms with Crippen molar-refractivity contribution in [3.05, 3.63) is 29.8 Å². The fourth-order valence-electron chi connectivity index (χ4n) is 2.77. The highest BCUT2D eigenvalue weighted by atomic mass is 16.2. The lowest BCUT2D eigenvalue weighted by atomic mass is 10.0. The van der Waals surface area contributed by atoms with Gasteiger partial charge in [0.2, 0.25) is 5.91 Å². The van der Waals surface area contributed by atoms with Crippen LogP contribution in [0.2, 0.25) is 0 Å². The van der Waals surface area contributed by atoms with Crippen molar-refractivity contribution in [3.8, 4) is 0 Å². The molecule has 1 amide bonds. The lowest BCUT2D eigenvalue weighted by Crippen LogP contribution is -2.44. The largest absolute Gasteiger partial charge is 0.382 e. The highest BCUT2D eigenvalue weighted by Crippen LogP contribution is 2.19. The van der Waals surface area contributed by atoms with Crippen molar-refractivity contribution in [2.75, 3.05) is 31.5 Å². The van der Waals surface area contributed by atoms with Gasteiger partial charge >= 0.3 is 0 Å². The number of anilines is 1. The summed E-state index contributed by atoms with van der Waals surface area (Å²) >= 11 is 0. The Balaban J connectivity index is 1.72. The third-order valence-electron chi connectivity index (χ3n) is 4.17. The molecule has 0 radical (unpaired) electrons. The summed E-state index contributed by atoms with van der Waals surface area (Å²) in [5, 5.41) is 6.63. The predicted octanol–water partition coefficient (Wildman–Crippen LogP) is 2.64. The van der Waals surface area contributed by atoms with E-state index in [1.54, 1.807) is 0 Å². The number of nitrogens with one attached hydrogen (secondary N) is 2. The molecule has 0 saturated carbocycles. The van der Waals surface area contributed by atoms with Crippen LogP contribution in [0.5, 0.6) is 0 Å². The number of amides is 1. The molecule has 1 aromatic carbocycles. The minimum absolute atomic E-state index is 0.152. The molecule has 4 nitrogen and oxygen atoms in total. The zero-order chi connectivity index (χ0) is 15.9. The first-order valence-corrected chi connectivity index (χ1v) is 8.36. The van der Waals surface area contributed by atoms with Gasteiger partial charge in [-0.15, -0.1) is 0 Å². The average molecular weight is 303 g/mol. The smallest absolute Gasteiger partial charge is 0.234 e. The molecule has 0 atom stereocenters. The van der Waals surface area contributed by atoms with Crippen molar-refractivity contribution >= 4 is 11.6 Å².